The van der Waals surface area contributed by atoms with Gasteiger partial charge in [0.25, 0.3) is 0 Å². The molecule has 37 heavy (non-hydrogen) atoms. The van der Waals surface area contributed by atoms with E-state index in [1.807, 2.05) is 91.7 Å². The standard InChI is InChI=1S/C10H11IN2O.C10H12N2O.C7H6N2O/c1-7(2)14-8-3-4-13-10(5-8)9(11)6-12-13;1-8(2)13-10-4-6-12-9(7-10)3-5-11-12;10-7-2-4-9-6(5-7)1-3-8-9/h3-7H,1-2H3;3-8H,1-2H3;1-5,8H. The van der Waals surface area contributed by atoms with Crippen LogP contribution in [0.1, 0.15) is 27.7 Å². The van der Waals surface area contributed by atoms with Crippen molar-refractivity contribution in [1.29, 1.82) is 0 Å². The van der Waals surface area contributed by atoms with Gasteiger partial charge >= 0.3 is 0 Å². The third kappa shape index (κ3) is 7.13. The molecule has 0 fully saturated rings. The molecule has 0 spiro atoms. The normalized spacial score (nSPS) is 10.9. The van der Waals surface area contributed by atoms with Crippen LogP contribution in [0.15, 0.2) is 90.5 Å². The molecule has 0 radical (unpaired) electrons. The second-order valence-electron chi connectivity index (χ2n) is 8.70. The van der Waals surface area contributed by atoms with E-state index in [2.05, 4.69) is 37.9 Å². The van der Waals surface area contributed by atoms with Crippen molar-refractivity contribution < 1.29 is 9.47 Å². The van der Waals surface area contributed by atoms with E-state index in [4.69, 9.17) is 9.47 Å². The molecule has 192 valence electrons. The maximum atomic E-state index is 10.8. The van der Waals surface area contributed by atoms with Crippen LogP contribution in [0.3, 0.4) is 0 Å². The van der Waals surface area contributed by atoms with E-state index in [0.29, 0.717) is 0 Å². The number of hydrogen-bond acceptors (Lipinski definition) is 5. The number of aromatic nitrogens is 6. The lowest BCUT2D eigenvalue weighted by Crippen LogP contribution is -2.05. The molecule has 6 rings (SSSR count). The van der Waals surface area contributed by atoms with Gasteiger partial charge in [0, 0.05) is 55.2 Å². The highest BCUT2D eigenvalue weighted by molar-refractivity contribution is 14.1. The number of pyridine rings is 3. The van der Waals surface area contributed by atoms with Crippen molar-refractivity contribution in [3.05, 3.63) is 99.5 Å². The second kappa shape index (κ2) is 12.0. The number of ether oxygens (including phenoxy) is 2. The molecule has 1 N–H and O–H groups in total. The Morgan fingerprint density at radius 1 is 0.811 bits per heavy atom. The second-order valence-corrected chi connectivity index (χ2v) is 9.86. The van der Waals surface area contributed by atoms with Gasteiger partial charge in [-0.1, -0.05) is 0 Å². The highest BCUT2D eigenvalue weighted by atomic mass is 127. The summed E-state index contributed by atoms with van der Waals surface area (Å²) < 4.78 is 17.7. The number of aromatic amines is 1. The Morgan fingerprint density at radius 3 is 2.24 bits per heavy atom. The molecule has 0 saturated heterocycles. The molecule has 0 atom stereocenters. The number of hydrogen-bond donors (Lipinski definition) is 1. The van der Waals surface area contributed by atoms with Crippen molar-refractivity contribution in [3.63, 3.8) is 0 Å². The van der Waals surface area contributed by atoms with E-state index in [1.165, 1.54) is 6.07 Å². The average Bonchev–Trinajstić information content (AvgIpc) is 3.59. The molecular weight excluding hydrogens is 583 g/mol. The molecule has 0 aliphatic carbocycles. The summed E-state index contributed by atoms with van der Waals surface area (Å²) in [5.41, 5.74) is 3.08. The minimum atomic E-state index is 0.0413. The Bertz CT molecular complexity index is 1650. The van der Waals surface area contributed by atoms with E-state index >= 15 is 0 Å². The van der Waals surface area contributed by atoms with E-state index in [9.17, 15) is 4.79 Å². The summed E-state index contributed by atoms with van der Waals surface area (Å²) in [5, 5.41) is 11.2. The first-order valence-corrected chi connectivity index (χ1v) is 12.9. The number of fused-ring (bicyclic) bond motifs is 3. The first-order chi connectivity index (χ1) is 17.8. The molecule has 10 heteroatoms. The number of rotatable bonds is 4. The van der Waals surface area contributed by atoms with Crippen LogP contribution >= 0.6 is 22.6 Å². The molecule has 6 aromatic heterocycles. The predicted octanol–water partition coefficient (Wildman–Crippen LogP) is 5.48. The molecule has 6 heterocycles. The molecule has 0 amide bonds. The summed E-state index contributed by atoms with van der Waals surface area (Å²) in [6.07, 6.45) is 11.3. The quantitative estimate of drug-likeness (QED) is 0.267. The molecule has 9 nitrogen and oxygen atoms in total. The van der Waals surface area contributed by atoms with Crippen molar-refractivity contribution in [1.82, 2.24) is 28.8 Å². The van der Waals surface area contributed by atoms with Crippen molar-refractivity contribution >= 4 is 39.1 Å². The van der Waals surface area contributed by atoms with Crippen LogP contribution in [0.4, 0.5) is 0 Å². The predicted molar refractivity (Wildman–Crippen MR) is 153 cm³/mol. The van der Waals surface area contributed by atoms with Gasteiger partial charge < -0.3 is 14.6 Å². The average molecular weight is 612 g/mol. The summed E-state index contributed by atoms with van der Waals surface area (Å²) in [7, 11) is 0. The molecule has 0 aromatic carbocycles. The molecule has 0 aliphatic rings. The van der Waals surface area contributed by atoms with Crippen LogP contribution in [-0.4, -0.2) is 41.1 Å². The van der Waals surface area contributed by atoms with Gasteiger partial charge in [0.2, 0.25) is 0 Å². The van der Waals surface area contributed by atoms with Gasteiger partial charge in [-0.3, -0.25) is 9.31 Å². The van der Waals surface area contributed by atoms with Crippen LogP contribution in [0, 0.1) is 3.57 Å². The topological polar surface area (TPSA) is 90.3 Å². The fourth-order valence-corrected chi connectivity index (χ4v) is 4.00. The Morgan fingerprint density at radius 2 is 1.51 bits per heavy atom. The minimum absolute atomic E-state index is 0.0413. The Labute approximate surface area is 227 Å². The summed E-state index contributed by atoms with van der Waals surface area (Å²) in [5.74, 6) is 1.79. The first kappa shape index (κ1) is 26.3. The lowest BCUT2D eigenvalue weighted by atomic mass is 10.3. The maximum absolute atomic E-state index is 10.8. The Balaban J connectivity index is 0.000000131. The fourth-order valence-electron chi connectivity index (χ4n) is 3.47. The summed E-state index contributed by atoms with van der Waals surface area (Å²) >= 11 is 2.26. The van der Waals surface area contributed by atoms with E-state index < -0.39 is 0 Å². The monoisotopic (exact) mass is 612 g/mol. The minimum Gasteiger partial charge on any atom is -0.491 e. The zero-order chi connectivity index (χ0) is 26.4. The van der Waals surface area contributed by atoms with Gasteiger partial charge in [-0.15, -0.1) is 0 Å². The van der Waals surface area contributed by atoms with Crippen LogP contribution in [0.2, 0.25) is 0 Å². The molecular formula is C27H29IN6O3. The van der Waals surface area contributed by atoms with Gasteiger partial charge in [-0.25, -0.2) is 9.03 Å². The highest BCUT2D eigenvalue weighted by Crippen LogP contribution is 2.19. The van der Waals surface area contributed by atoms with E-state index in [0.717, 1.165) is 31.6 Å². The summed E-state index contributed by atoms with van der Waals surface area (Å²) in [6.45, 7) is 8.07. The third-order valence-corrected chi connectivity index (χ3v) is 5.82. The van der Waals surface area contributed by atoms with Crippen LogP contribution < -0.4 is 14.9 Å². The zero-order valence-electron chi connectivity index (χ0n) is 21.1. The number of nitrogens with zero attached hydrogens (tertiary/aromatic N) is 5. The number of halogens is 1. The van der Waals surface area contributed by atoms with Crippen molar-refractivity contribution in [2.24, 2.45) is 0 Å². The zero-order valence-corrected chi connectivity index (χ0v) is 23.2. The molecule has 0 unspecified atom stereocenters. The maximum Gasteiger partial charge on any atom is 0.182 e. The van der Waals surface area contributed by atoms with Gasteiger partial charge in [0.1, 0.15) is 11.5 Å². The molecule has 0 aliphatic heterocycles. The SMILES string of the molecule is CC(C)Oc1ccn2ncc(I)c2c1.CC(C)Oc1ccn2nccc2c1.O=c1ccn2[nH]ccc2c1. The third-order valence-electron chi connectivity index (χ3n) is 4.98. The van der Waals surface area contributed by atoms with Gasteiger partial charge in [0.15, 0.2) is 5.43 Å². The number of nitrogens with one attached hydrogen (secondary N) is 1. The largest absolute Gasteiger partial charge is 0.491 e. The fraction of sp³-hybridized carbons (Fsp3) is 0.222. The summed E-state index contributed by atoms with van der Waals surface area (Å²) in [6, 6.07) is 14.7. The molecule has 0 saturated carbocycles. The first-order valence-electron chi connectivity index (χ1n) is 11.8. The van der Waals surface area contributed by atoms with Crippen LogP contribution in [-0.2, 0) is 0 Å². The van der Waals surface area contributed by atoms with Crippen molar-refractivity contribution in [2.45, 2.75) is 39.9 Å². The van der Waals surface area contributed by atoms with E-state index in [1.54, 1.807) is 29.2 Å². The van der Waals surface area contributed by atoms with Gasteiger partial charge in [-0.2, -0.15) is 10.2 Å². The lowest BCUT2D eigenvalue weighted by Gasteiger charge is -2.09. The van der Waals surface area contributed by atoms with Crippen LogP contribution in [0.5, 0.6) is 11.5 Å². The van der Waals surface area contributed by atoms with Gasteiger partial charge in [0.05, 0.1) is 38.5 Å². The van der Waals surface area contributed by atoms with E-state index in [-0.39, 0.29) is 17.6 Å². The molecule has 6 aromatic rings. The number of H-pyrrole nitrogens is 1. The van der Waals surface area contributed by atoms with Crippen LogP contribution in [0.25, 0.3) is 16.6 Å². The van der Waals surface area contributed by atoms with Gasteiger partial charge in [-0.05, 0) is 74.6 Å². The van der Waals surface area contributed by atoms with Crippen molar-refractivity contribution in [3.8, 4) is 11.5 Å². The Hall–Kier alpha value is -3.80. The summed E-state index contributed by atoms with van der Waals surface area (Å²) in [4.78, 5) is 10.8. The lowest BCUT2D eigenvalue weighted by molar-refractivity contribution is 0.242. The van der Waals surface area contributed by atoms with Crippen molar-refractivity contribution in [2.75, 3.05) is 0 Å². The Kier molecular flexibility index (Phi) is 8.49. The highest BCUT2D eigenvalue weighted by Gasteiger charge is 2.03. The smallest absolute Gasteiger partial charge is 0.182 e. The molecule has 0 bridgehead atoms.